The van der Waals surface area contributed by atoms with E-state index in [0.29, 0.717) is 27.8 Å². The van der Waals surface area contributed by atoms with Crippen LogP contribution in [0.4, 0.5) is 5.69 Å². The molecule has 0 aliphatic carbocycles. The number of methoxy groups -OCH3 is 2. The fraction of sp³-hybridized carbons (Fsp3) is 0.190. The number of aryl methyl sites for hydroxylation is 1. The number of ether oxygens (including phenoxy) is 3. The van der Waals surface area contributed by atoms with Crippen molar-refractivity contribution < 1.29 is 23.8 Å². The second-order valence-electron chi connectivity index (χ2n) is 5.99. The zero-order valence-electron chi connectivity index (χ0n) is 16.2. The fourth-order valence-corrected chi connectivity index (χ4v) is 3.54. The molecule has 29 heavy (non-hydrogen) atoms. The maximum absolute atomic E-state index is 12.4. The highest BCUT2D eigenvalue weighted by Crippen LogP contribution is 2.30. The first-order chi connectivity index (χ1) is 14.0. The number of hydrogen-bond donors (Lipinski definition) is 1. The van der Waals surface area contributed by atoms with Crippen LogP contribution >= 0.6 is 11.3 Å². The molecule has 8 heteroatoms. The molecule has 150 valence electrons. The van der Waals surface area contributed by atoms with Gasteiger partial charge >= 0.3 is 5.97 Å². The number of nitrogens with zero attached hydrogens (tertiary/aromatic N) is 1. The summed E-state index contributed by atoms with van der Waals surface area (Å²) in [4.78, 5) is 29.4. The molecular weight excluding hydrogens is 392 g/mol. The van der Waals surface area contributed by atoms with Crippen LogP contribution in [0, 0.1) is 6.92 Å². The molecule has 1 N–H and O–H groups in total. The topological polar surface area (TPSA) is 86.8 Å². The summed E-state index contributed by atoms with van der Waals surface area (Å²) >= 11 is 1.24. The summed E-state index contributed by atoms with van der Waals surface area (Å²) in [5, 5.41) is 3.38. The predicted molar refractivity (Wildman–Crippen MR) is 111 cm³/mol. The molecule has 0 unspecified atom stereocenters. The third-order valence-corrected chi connectivity index (χ3v) is 5.21. The van der Waals surface area contributed by atoms with Crippen LogP contribution in [0.15, 0.2) is 48.5 Å². The van der Waals surface area contributed by atoms with Crippen LogP contribution in [-0.4, -0.2) is 37.7 Å². The highest BCUT2D eigenvalue weighted by molar-refractivity contribution is 7.17. The number of hydrogen-bond acceptors (Lipinski definition) is 7. The standard InChI is InChI=1S/C21H20N2O5S/c1-13-19(29-20(22-13)14-7-5-4-6-8-14)21(25)28-12-18(24)23-16-10-9-15(26-2)11-17(16)27-3/h4-11H,12H2,1-3H3,(H,23,24). The maximum Gasteiger partial charge on any atom is 0.350 e. The molecule has 7 nitrogen and oxygen atoms in total. The molecule has 0 atom stereocenters. The number of esters is 1. The predicted octanol–water partition coefficient (Wildman–Crippen LogP) is 3.93. The Morgan fingerprint density at radius 2 is 1.83 bits per heavy atom. The van der Waals surface area contributed by atoms with Gasteiger partial charge < -0.3 is 19.5 Å². The van der Waals surface area contributed by atoms with Gasteiger partial charge in [-0.05, 0) is 19.1 Å². The van der Waals surface area contributed by atoms with Gasteiger partial charge in [-0.1, -0.05) is 30.3 Å². The summed E-state index contributed by atoms with van der Waals surface area (Å²) in [7, 11) is 3.03. The second-order valence-corrected chi connectivity index (χ2v) is 6.99. The van der Waals surface area contributed by atoms with Gasteiger partial charge in [0.2, 0.25) is 0 Å². The molecular formula is C21H20N2O5S. The van der Waals surface area contributed by atoms with Crippen molar-refractivity contribution in [3.8, 4) is 22.1 Å². The first-order valence-electron chi connectivity index (χ1n) is 8.73. The monoisotopic (exact) mass is 412 g/mol. The van der Waals surface area contributed by atoms with Crippen molar-refractivity contribution in [3.63, 3.8) is 0 Å². The number of carbonyl (C=O) groups excluding carboxylic acids is 2. The van der Waals surface area contributed by atoms with Gasteiger partial charge in [-0.3, -0.25) is 4.79 Å². The molecule has 0 spiro atoms. The van der Waals surface area contributed by atoms with Crippen LogP contribution in [0.2, 0.25) is 0 Å². The van der Waals surface area contributed by atoms with Crippen molar-refractivity contribution in [2.75, 3.05) is 26.1 Å². The van der Waals surface area contributed by atoms with Crippen molar-refractivity contribution >= 4 is 28.9 Å². The number of aromatic nitrogens is 1. The van der Waals surface area contributed by atoms with Gasteiger partial charge in [0.25, 0.3) is 5.91 Å². The molecule has 0 fully saturated rings. The van der Waals surface area contributed by atoms with E-state index in [1.54, 1.807) is 25.1 Å². The smallest absolute Gasteiger partial charge is 0.350 e. The zero-order valence-corrected chi connectivity index (χ0v) is 17.0. The molecule has 3 aromatic rings. The highest BCUT2D eigenvalue weighted by atomic mass is 32.1. The Labute approximate surface area is 172 Å². The van der Waals surface area contributed by atoms with E-state index >= 15 is 0 Å². The summed E-state index contributed by atoms with van der Waals surface area (Å²) in [5.74, 6) is -0.0257. The largest absolute Gasteiger partial charge is 0.497 e. The van der Waals surface area contributed by atoms with Gasteiger partial charge in [0, 0.05) is 11.6 Å². The van der Waals surface area contributed by atoms with Crippen LogP contribution in [0.25, 0.3) is 10.6 Å². The molecule has 0 aliphatic rings. The summed E-state index contributed by atoms with van der Waals surface area (Å²) in [6, 6.07) is 14.5. The Kier molecular flexibility index (Phi) is 6.46. The lowest BCUT2D eigenvalue weighted by atomic mass is 10.2. The van der Waals surface area contributed by atoms with E-state index in [9.17, 15) is 9.59 Å². The van der Waals surface area contributed by atoms with Gasteiger partial charge in [-0.25, -0.2) is 9.78 Å². The Morgan fingerprint density at radius 1 is 1.07 bits per heavy atom. The third kappa shape index (κ3) is 4.91. The summed E-state index contributed by atoms with van der Waals surface area (Å²) < 4.78 is 15.5. The minimum Gasteiger partial charge on any atom is -0.497 e. The average Bonchev–Trinajstić information content (AvgIpc) is 3.14. The number of rotatable bonds is 7. The van der Waals surface area contributed by atoms with Crippen molar-refractivity contribution in [2.24, 2.45) is 0 Å². The molecule has 0 aliphatic heterocycles. The van der Waals surface area contributed by atoms with Gasteiger partial charge in [-0.15, -0.1) is 11.3 Å². The van der Waals surface area contributed by atoms with Crippen LogP contribution in [0.3, 0.4) is 0 Å². The van der Waals surface area contributed by atoms with Crippen LogP contribution in [0.5, 0.6) is 11.5 Å². The molecule has 0 saturated carbocycles. The molecule has 2 aromatic carbocycles. The normalized spacial score (nSPS) is 10.3. The van der Waals surface area contributed by atoms with E-state index < -0.39 is 18.5 Å². The number of thiazole rings is 1. The Bertz CT molecular complexity index is 1020. The minimum atomic E-state index is -0.584. The van der Waals surface area contributed by atoms with E-state index in [1.807, 2.05) is 30.3 Å². The molecule has 3 rings (SSSR count). The number of amides is 1. The summed E-state index contributed by atoms with van der Waals surface area (Å²) in [6.45, 7) is 1.31. The lowest BCUT2D eigenvalue weighted by Gasteiger charge is -2.11. The molecule has 1 aromatic heterocycles. The minimum absolute atomic E-state index is 0.374. The zero-order chi connectivity index (χ0) is 20.8. The quantitative estimate of drug-likeness (QED) is 0.592. The number of anilines is 1. The van der Waals surface area contributed by atoms with Crippen molar-refractivity contribution in [3.05, 3.63) is 59.1 Å². The number of benzene rings is 2. The lowest BCUT2D eigenvalue weighted by molar-refractivity contribution is -0.119. The Morgan fingerprint density at radius 3 is 2.52 bits per heavy atom. The van der Waals surface area contributed by atoms with E-state index in [-0.39, 0.29) is 0 Å². The van der Waals surface area contributed by atoms with Gasteiger partial charge in [0.1, 0.15) is 21.4 Å². The van der Waals surface area contributed by atoms with E-state index in [1.165, 1.54) is 25.6 Å². The van der Waals surface area contributed by atoms with E-state index in [0.717, 1.165) is 10.6 Å². The molecule has 1 heterocycles. The number of nitrogens with one attached hydrogen (secondary N) is 1. The van der Waals surface area contributed by atoms with Gasteiger partial charge in [-0.2, -0.15) is 0 Å². The third-order valence-electron chi connectivity index (χ3n) is 4.02. The van der Waals surface area contributed by atoms with Gasteiger partial charge in [0.15, 0.2) is 6.61 Å². The summed E-state index contributed by atoms with van der Waals surface area (Å²) in [5.41, 5.74) is 1.94. The molecule has 0 radical (unpaired) electrons. The average molecular weight is 412 g/mol. The Balaban J connectivity index is 1.62. The van der Waals surface area contributed by atoms with Crippen LogP contribution in [0.1, 0.15) is 15.4 Å². The SMILES string of the molecule is COc1ccc(NC(=O)COC(=O)c2sc(-c3ccccc3)nc2C)c(OC)c1. The van der Waals surface area contributed by atoms with Crippen molar-refractivity contribution in [1.29, 1.82) is 0 Å². The Hall–Kier alpha value is -3.39. The lowest BCUT2D eigenvalue weighted by Crippen LogP contribution is -2.21. The second kappa shape index (κ2) is 9.20. The molecule has 1 amide bonds. The maximum atomic E-state index is 12.4. The van der Waals surface area contributed by atoms with Gasteiger partial charge in [0.05, 0.1) is 25.6 Å². The number of carbonyl (C=O) groups is 2. The van der Waals surface area contributed by atoms with E-state index in [2.05, 4.69) is 10.3 Å². The molecule has 0 bridgehead atoms. The first-order valence-corrected chi connectivity index (χ1v) is 9.55. The first kappa shape index (κ1) is 20.3. The molecule has 0 saturated heterocycles. The highest BCUT2D eigenvalue weighted by Gasteiger charge is 2.19. The fourth-order valence-electron chi connectivity index (χ4n) is 2.57. The van der Waals surface area contributed by atoms with Crippen LogP contribution in [-0.2, 0) is 9.53 Å². The summed E-state index contributed by atoms with van der Waals surface area (Å²) in [6.07, 6.45) is 0. The van der Waals surface area contributed by atoms with Crippen molar-refractivity contribution in [2.45, 2.75) is 6.92 Å². The van der Waals surface area contributed by atoms with E-state index in [4.69, 9.17) is 14.2 Å². The van der Waals surface area contributed by atoms with Crippen molar-refractivity contribution in [1.82, 2.24) is 4.98 Å². The van der Waals surface area contributed by atoms with Crippen LogP contribution < -0.4 is 14.8 Å².